The number of fused-ring (bicyclic) bond motifs is 1. The zero-order chi connectivity index (χ0) is 13.6. The van der Waals surface area contributed by atoms with Crippen LogP contribution in [0.4, 0.5) is 10.1 Å². The van der Waals surface area contributed by atoms with Crippen molar-refractivity contribution in [1.29, 1.82) is 0 Å². The van der Waals surface area contributed by atoms with Gasteiger partial charge < -0.3 is 10.7 Å². The van der Waals surface area contributed by atoms with Gasteiger partial charge in [0, 0.05) is 9.50 Å². The highest BCUT2D eigenvalue weighted by Crippen LogP contribution is 2.29. The van der Waals surface area contributed by atoms with Gasteiger partial charge in [0.1, 0.15) is 17.2 Å². The zero-order valence-electron chi connectivity index (χ0n) is 9.55. The molecule has 0 atom stereocenters. The van der Waals surface area contributed by atoms with Crippen molar-refractivity contribution in [3.05, 3.63) is 45.6 Å². The molecule has 19 heavy (non-hydrogen) atoms. The lowest BCUT2D eigenvalue weighted by atomic mass is 10.2. The van der Waals surface area contributed by atoms with E-state index in [1.807, 2.05) is 0 Å². The predicted octanol–water partition coefficient (Wildman–Crippen LogP) is 4.37. The Kier molecular flexibility index (Phi) is 2.95. The van der Waals surface area contributed by atoms with Gasteiger partial charge in [-0.05, 0) is 30.3 Å². The normalized spacial score (nSPS) is 11.1. The molecule has 0 radical (unpaired) electrons. The first kappa shape index (κ1) is 12.4. The molecule has 0 fully saturated rings. The molecule has 3 N–H and O–H groups in total. The lowest BCUT2D eigenvalue weighted by Gasteiger charge is -1.99. The highest BCUT2D eigenvalue weighted by atomic mass is 79.9. The molecular formula is C13H8BrClFN3. The van der Waals surface area contributed by atoms with Crippen LogP contribution in [0.2, 0.25) is 5.02 Å². The molecule has 0 bridgehead atoms. The Bertz CT molecular complexity index is 785. The van der Waals surface area contributed by atoms with E-state index in [-0.39, 0.29) is 5.82 Å². The van der Waals surface area contributed by atoms with Crippen molar-refractivity contribution in [2.75, 3.05) is 5.73 Å². The number of anilines is 1. The molecular weight excluding hydrogens is 333 g/mol. The fraction of sp³-hybridized carbons (Fsp3) is 0. The summed E-state index contributed by atoms with van der Waals surface area (Å²) in [6, 6.07) is 7.99. The minimum absolute atomic E-state index is 0.355. The molecule has 96 valence electrons. The summed E-state index contributed by atoms with van der Waals surface area (Å²) in [6.45, 7) is 0. The summed E-state index contributed by atoms with van der Waals surface area (Å²) in [5, 5.41) is 0.509. The minimum Gasteiger partial charge on any atom is -0.397 e. The Balaban J connectivity index is 2.26. The van der Waals surface area contributed by atoms with Crippen molar-refractivity contribution >= 4 is 44.3 Å². The number of aromatic nitrogens is 2. The van der Waals surface area contributed by atoms with Gasteiger partial charge in [-0.25, -0.2) is 9.37 Å². The van der Waals surface area contributed by atoms with E-state index in [0.717, 1.165) is 4.47 Å². The number of nitrogens with one attached hydrogen (secondary N) is 1. The van der Waals surface area contributed by atoms with Crippen molar-refractivity contribution in [1.82, 2.24) is 9.97 Å². The second kappa shape index (κ2) is 4.51. The third-order valence-electron chi connectivity index (χ3n) is 2.76. The Morgan fingerprint density at radius 1 is 1.26 bits per heavy atom. The van der Waals surface area contributed by atoms with Crippen molar-refractivity contribution < 1.29 is 4.39 Å². The average Bonchev–Trinajstić information content (AvgIpc) is 2.76. The second-order valence-corrected chi connectivity index (χ2v) is 5.45. The largest absolute Gasteiger partial charge is 0.397 e. The molecule has 3 nitrogen and oxygen atoms in total. The molecule has 6 heteroatoms. The molecule has 0 saturated heterocycles. The molecule has 0 spiro atoms. The molecule has 0 unspecified atom stereocenters. The van der Waals surface area contributed by atoms with Gasteiger partial charge in [0.15, 0.2) is 0 Å². The number of hydrogen-bond acceptors (Lipinski definition) is 2. The number of nitrogens with two attached hydrogens (primary N) is 1. The molecule has 0 saturated carbocycles. The molecule has 0 aliphatic rings. The first-order valence-electron chi connectivity index (χ1n) is 5.45. The fourth-order valence-corrected chi connectivity index (χ4v) is 2.50. The van der Waals surface area contributed by atoms with Crippen molar-refractivity contribution in [3.8, 4) is 11.4 Å². The summed E-state index contributed by atoms with van der Waals surface area (Å²) < 4.78 is 14.6. The average molecular weight is 341 g/mol. The number of halogens is 3. The smallest absolute Gasteiger partial charge is 0.141 e. The summed E-state index contributed by atoms with van der Waals surface area (Å²) in [4.78, 5) is 7.35. The van der Waals surface area contributed by atoms with E-state index in [4.69, 9.17) is 17.3 Å². The van der Waals surface area contributed by atoms with Crippen LogP contribution in [0.5, 0.6) is 0 Å². The maximum Gasteiger partial charge on any atom is 0.141 e. The molecule has 0 amide bonds. The Hall–Kier alpha value is -1.59. The van der Waals surface area contributed by atoms with Gasteiger partial charge in [-0.2, -0.15) is 0 Å². The number of rotatable bonds is 1. The number of imidazole rings is 1. The Morgan fingerprint density at radius 3 is 2.84 bits per heavy atom. The first-order valence-corrected chi connectivity index (χ1v) is 6.62. The quantitative estimate of drug-likeness (QED) is 0.646. The molecule has 3 rings (SSSR count). The molecule has 0 aliphatic heterocycles. The molecule has 1 heterocycles. The van der Waals surface area contributed by atoms with Gasteiger partial charge in [0.2, 0.25) is 0 Å². The van der Waals surface area contributed by atoms with Gasteiger partial charge in [-0.15, -0.1) is 0 Å². The van der Waals surface area contributed by atoms with Gasteiger partial charge in [-0.3, -0.25) is 0 Å². The van der Waals surface area contributed by atoms with Crippen LogP contribution in [0, 0.1) is 5.82 Å². The minimum atomic E-state index is -0.355. The summed E-state index contributed by atoms with van der Waals surface area (Å²) in [7, 11) is 0. The van der Waals surface area contributed by atoms with Crippen LogP contribution in [0.3, 0.4) is 0 Å². The van der Waals surface area contributed by atoms with Crippen LogP contribution in [0.15, 0.2) is 34.8 Å². The van der Waals surface area contributed by atoms with Gasteiger partial charge >= 0.3 is 0 Å². The second-order valence-electron chi connectivity index (χ2n) is 4.10. The number of H-pyrrole nitrogens is 1. The van der Waals surface area contributed by atoms with Gasteiger partial charge in [-0.1, -0.05) is 27.5 Å². The zero-order valence-corrected chi connectivity index (χ0v) is 11.9. The highest BCUT2D eigenvalue weighted by molar-refractivity contribution is 9.10. The highest BCUT2D eigenvalue weighted by Gasteiger charge is 2.12. The maximum atomic E-state index is 13.8. The van der Waals surface area contributed by atoms with Crippen LogP contribution in [0.1, 0.15) is 0 Å². The summed E-state index contributed by atoms with van der Waals surface area (Å²) in [5.74, 6) is 0.0645. The lowest BCUT2D eigenvalue weighted by molar-refractivity contribution is 0.630. The van der Waals surface area contributed by atoms with Crippen LogP contribution in [-0.4, -0.2) is 9.97 Å². The van der Waals surface area contributed by atoms with Crippen LogP contribution < -0.4 is 5.73 Å². The number of nitrogens with zero attached hydrogens (tertiary/aromatic N) is 1. The van der Waals surface area contributed by atoms with E-state index in [1.165, 1.54) is 6.07 Å². The van der Waals surface area contributed by atoms with Gasteiger partial charge in [0.05, 0.1) is 16.8 Å². The SMILES string of the molecule is Nc1cc(Cl)cc2[nH]c(-c3cc(Br)ccc3F)nc12. The van der Waals surface area contributed by atoms with Gasteiger partial charge in [0.25, 0.3) is 0 Å². The summed E-state index contributed by atoms with van der Waals surface area (Å²) in [6.07, 6.45) is 0. The summed E-state index contributed by atoms with van der Waals surface area (Å²) in [5.41, 5.74) is 7.94. The van der Waals surface area contributed by atoms with E-state index >= 15 is 0 Å². The molecule has 3 aromatic rings. The predicted molar refractivity (Wildman–Crippen MR) is 78.6 cm³/mol. The fourth-order valence-electron chi connectivity index (χ4n) is 1.91. The van der Waals surface area contributed by atoms with Crippen molar-refractivity contribution in [3.63, 3.8) is 0 Å². The third-order valence-corrected chi connectivity index (χ3v) is 3.48. The van der Waals surface area contributed by atoms with E-state index in [0.29, 0.717) is 33.1 Å². The van der Waals surface area contributed by atoms with E-state index in [2.05, 4.69) is 25.9 Å². The van der Waals surface area contributed by atoms with Crippen LogP contribution in [-0.2, 0) is 0 Å². The first-order chi connectivity index (χ1) is 9.04. The van der Waals surface area contributed by atoms with Crippen molar-refractivity contribution in [2.45, 2.75) is 0 Å². The lowest BCUT2D eigenvalue weighted by Crippen LogP contribution is -1.87. The Morgan fingerprint density at radius 2 is 2.05 bits per heavy atom. The molecule has 1 aromatic heterocycles. The summed E-state index contributed by atoms with van der Waals surface area (Å²) >= 11 is 9.24. The maximum absolute atomic E-state index is 13.8. The van der Waals surface area contributed by atoms with Crippen LogP contribution >= 0.6 is 27.5 Å². The van der Waals surface area contributed by atoms with E-state index in [1.54, 1.807) is 24.3 Å². The monoisotopic (exact) mass is 339 g/mol. The number of aromatic amines is 1. The van der Waals surface area contributed by atoms with E-state index in [9.17, 15) is 4.39 Å². The topological polar surface area (TPSA) is 54.7 Å². The molecule has 2 aromatic carbocycles. The third kappa shape index (κ3) is 2.19. The van der Waals surface area contributed by atoms with Crippen LogP contribution in [0.25, 0.3) is 22.4 Å². The number of nitrogen functional groups attached to an aromatic ring is 1. The molecule has 0 aliphatic carbocycles. The Labute approximate surface area is 121 Å². The van der Waals surface area contributed by atoms with Crippen molar-refractivity contribution in [2.24, 2.45) is 0 Å². The van der Waals surface area contributed by atoms with E-state index < -0.39 is 0 Å². The number of benzene rings is 2. The standard InChI is InChI=1S/C13H8BrClFN3/c14-6-1-2-9(16)8(3-6)13-18-11-5-7(15)4-10(17)12(11)19-13/h1-5H,17H2,(H,18,19). The number of hydrogen-bond donors (Lipinski definition) is 2.